The molecule has 2 unspecified atom stereocenters. The molecule has 0 amide bonds. The Morgan fingerprint density at radius 3 is 2.56 bits per heavy atom. The minimum atomic E-state index is -0.945. The molecule has 0 aliphatic carbocycles. The van der Waals surface area contributed by atoms with Crippen molar-refractivity contribution in [3.8, 4) is 0 Å². The molecule has 4 atom stereocenters. The third-order valence-electron chi connectivity index (χ3n) is 3.04. The minimum Gasteiger partial charge on any atom is -0.393 e. The van der Waals surface area contributed by atoms with Crippen molar-refractivity contribution in [3.63, 3.8) is 0 Å². The molecule has 5 heteroatoms. The van der Waals surface area contributed by atoms with E-state index in [1.54, 1.807) is 6.08 Å². The molecular formula is C11H18O5. The Bertz CT molecular complexity index is 290. The topological polar surface area (TPSA) is 57.2 Å². The van der Waals surface area contributed by atoms with Crippen molar-refractivity contribution in [3.05, 3.63) is 12.7 Å². The summed E-state index contributed by atoms with van der Waals surface area (Å²) < 4.78 is 22.3. The van der Waals surface area contributed by atoms with Crippen molar-refractivity contribution in [2.75, 3.05) is 13.7 Å². The minimum absolute atomic E-state index is 0.211. The fourth-order valence-electron chi connectivity index (χ4n) is 2.25. The van der Waals surface area contributed by atoms with Crippen LogP contribution in [-0.2, 0) is 18.9 Å². The van der Waals surface area contributed by atoms with Crippen molar-refractivity contribution in [2.45, 2.75) is 43.7 Å². The van der Waals surface area contributed by atoms with E-state index in [-0.39, 0.29) is 12.7 Å². The summed E-state index contributed by atoms with van der Waals surface area (Å²) in [5.74, 6) is -0.695. The van der Waals surface area contributed by atoms with Gasteiger partial charge >= 0.3 is 0 Å². The summed E-state index contributed by atoms with van der Waals surface area (Å²) in [5.41, 5.74) is -0.945. The van der Waals surface area contributed by atoms with E-state index in [0.29, 0.717) is 0 Å². The maximum Gasteiger partial charge on any atom is 0.187 e. The summed E-state index contributed by atoms with van der Waals surface area (Å²) in [7, 11) is 1.53. The third-order valence-corrected chi connectivity index (χ3v) is 3.04. The van der Waals surface area contributed by atoms with Crippen LogP contribution in [0, 0.1) is 0 Å². The Kier molecular flexibility index (Phi) is 2.84. The van der Waals surface area contributed by atoms with E-state index >= 15 is 0 Å². The van der Waals surface area contributed by atoms with E-state index in [0.717, 1.165) is 0 Å². The fourth-order valence-corrected chi connectivity index (χ4v) is 2.25. The van der Waals surface area contributed by atoms with E-state index in [4.69, 9.17) is 18.9 Å². The van der Waals surface area contributed by atoms with Crippen LogP contribution in [0.2, 0.25) is 0 Å². The summed E-state index contributed by atoms with van der Waals surface area (Å²) in [5, 5.41) is 9.46. The molecule has 0 aromatic heterocycles. The molecule has 2 aliphatic rings. The molecule has 0 aromatic carbocycles. The summed E-state index contributed by atoms with van der Waals surface area (Å²) >= 11 is 0. The normalized spacial score (nSPS) is 45.6. The second-order valence-corrected chi connectivity index (χ2v) is 4.56. The first kappa shape index (κ1) is 12.0. The smallest absolute Gasteiger partial charge is 0.187 e. The Morgan fingerprint density at radius 2 is 2.06 bits per heavy atom. The van der Waals surface area contributed by atoms with Gasteiger partial charge in [-0.1, -0.05) is 6.08 Å². The van der Waals surface area contributed by atoms with Crippen molar-refractivity contribution in [1.82, 2.24) is 0 Å². The average Bonchev–Trinajstić information content (AvgIpc) is 2.70. The van der Waals surface area contributed by atoms with Gasteiger partial charge in [0.25, 0.3) is 0 Å². The highest BCUT2D eigenvalue weighted by Crippen LogP contribution is 2.44. The van der Waals surface area contributed by atoms with Crippen LogP contribution in [0.3, 0.4) is 0 Å². The van der Waals surface area contributed by atoms with Gasteiger partial charge in [0.05, 0.1) is 6.61 Å². The highest BCUT2D eigenvalue weighted by atomic mass is 16.8. The van der Waals surface area contributed by atoms with Crippen molar-refractivity contribution < 1.29 is 24.1 Å². The number of ether oxygens (including phenoxy) is 4. The zero-order chi connectivity index (χ0) is 12.0. The van der Waals surface area contributed by atoms with Crippen LogP contribution in [0.4, 0.5) is 0 Å². The lowest BCUT2D eigenvalue weighted by Gasteiger charge is -2.29. The Hall–Kier alpha value is -0.460. The standard InChI is InChI=1S/C11H18O5/c1-5-11(6-12)8-7(9(13-4)16-11)14-10(2,3)15-8/h5,7-9,12H,1,6H2,2-4H3/t7?,8?,9-,11-/m1/s1. The van der Waals surface area contributed by atoms with Gasteiger partial charge in [-0.05, 0) is 13.8 Å². The lowest BCUT2D eigenvalue weighted by Crippen LogP contribution is -2.44. The van der Waals surface area contributed by atoms with Crippen LogP contribution < -0.4 is 0 Å². The second kappa shape index (κ2) is 3.78. The van der Waals surface area contributed by atoms with Gasteiger partial charge in [0.1, 0.15) is 17.8 Å². The first-order valence-electron chi connectivity index (χ1n) is 5.29. The van der Waals surface area contributed by atoms with Gasteiger partial charge in [-0.2, -0.15) is 0 Å². The molecule has 2 rings (SSSR count). The van der Waals surface area contributed by atoms with E-state index in [1.165, 1.54) is 7.11 Å². The number of rotatable bonds is 3. The molecule has 2 aliphatic heterocycles. The van der Waals surface area contributed by atoms with Crippen molar-refractivity contribution >= 4 is 0 Å². The van der Waals surface area contributed by atoms with Crippen LogP contribution in [-0.4, -0.2) is 48.7 Å². The molecule has 2 fully saturated rings. The Balaban J connectivity index is 2.30. The van der Waals surface area contributed by atoms with Crippen LogP contribution >= 0.6 is 0 Å². The third kappa shape index (κ3) is 1.59. The highest BCUT2D eigenvalue weighted by Gasteiger charge is 2.61. The Labute approximate surface area is 94.9 Å². The van der Waals surface area contributed by atoms with Crippen molar-refractivity contribution in [1.29, 1.82) is 0 Å². The molecule has 2 saturated heterocycles. The number of aliphatic hydroxyl groups is 1. The zero-order valence-corrected chi connectivity index (χ0v) is 9.80. The SMILES string of the molecule is C=C[C@]1(CO)O[C@@H](OC)C2OC(C)(C)OC21. The maximum absolute atomic E-state index is 9.46. The lowest BCUT2D eigenvalue weighted by molar-refractivity contribution is -0.245. The van der Waals surface area contributed by atoms with Gasteiger partial charge in [0.15, 0.2) is 12.1 Å². The number of hydrogen-bond acceptors (Lipinski definition) is 5. The van der Waals surface area contributed by atoms with Gasteiger partial charge in [-0.25, -0.2) is 0 Å². The highest BCUT2D eigenvalue weighted by molar-refractivity contribution is 5.13. The first-order valence-corrected chi connectivity index (χ1v) is 5.29. The predicted molar refractivity (Wildman–Crippen MR) is 55.7 cm³/mol. The summed E-state index contributed by atoms with van der Waals surface area (Å²) in [4.78, 5) is 0. The van der Waals surface area contributed by atoms with Gasteiger partial charge in [0, 0.05) is 7.11 Å². The predicted octanol–water partition coefficient (Wildman–Crippen LogP) is 0.426. The number of fused-ring (bicyclic) bond motifs is 1. The molecule has 0 radical (unpaired) electrons. The number of hydrogen-bond donors (Lipinski definition) is 1. The van der Waals surface area contributed by atoms with Crippen LogP contribution in [0.1, 0.15) is 13.8 Å². The molecule has 0 bridgehead atoms. The average molecular weight is 230 g/mol. The quantitative estimate of drug-likeness (QED) is 0.712. The van der Waals surface area contributed by atoms with Crippen LogP contribution in [0.25, 0.3) is 0 Å². The lowest BCUT2D eigenvalue weighted by atomic mass is 9.96. The molecule has 0 aromatic rings. The number of methoxy groups -OCH3 is 1. The fraction of sp³-hybridized carbons (Fsp3) is 0.818. The van der Waals surface area contributed by atoms with Gasteiger partial charge < -0.3 is 24.1 Å². The molecule has 1 N–H and O–H groups in total. The zero-order valence-electron chi connectivity index (χ0n) is 9.80. The summed E-state index contributed by atoms with van der Waals surface area (Å²) in [6, 6.07) is 0. The molecule has 16 heavy (non-hydrogen) atoms. The Morgan fingerprint density at radius 1 is 1.38 bits per heavy atom. The van der Waals surface area contributed by atoms with Gasteiger partial charge in [0.2, 0.25) is 0 Å². The number of aliphatic hydroxyl groups excluding tert-OH is 1. The van der Waals surface area contributed by atoms with Gasteiger partial charge in [-0.3, -0.25) is 0 Å². The molecule has 0 spiro atoms. The van der Waals surface area contributed by atoms with E-state index in [2.05, 4.69) is 6.58 Å². The maximum atomic E-state index is 9.46. The molecule has 2 heterocycles. The summed E-state index contributed by atoms with van der Waals surface area (Å²) in [6.07, 6.45) is 0.270. The second-order valence-electron chi connectivity index (χ2n) is 4.56. The van der Waals surface area contributed by atoms with E-state index in [1.807, 2.05) is 13.8 Å². The van der Waals surface area contributed by atoms with E-state index in [9.17, 15) is 5.11 Å². The molecule has 5 nitrogen and oxygen atoms in total. The molecule has 0 saturated carbocycles. The largest absolute Gasteiger partial charge is 0.393 e. The van der Waals surface area contributed by atoms with Gasteiger partial charge in [-0.15, -0.1) is 6.58 Å². The van der Waals surface area contributed by atoms with E-state index < -0.39 is 23.8 Å². The summed E-state index contributed by atoms with van der Waals surface area (Å²) in [6.45, 7) is 7.12. The molecule has 92 valence electrons. The molecular weight excluding hydrogens is 212 g/mol. The van der Waals surface area contributed by atoms with Crippen LogP contribution in [0.5, 0.6) is 0 Å². The first-order chi connectivity index (χ1) is 7.48. The van der Waals surface area contributed by atoms with Crippen LogP contribution in [0.15, 0.2) is 12.7 Å². The monoisotopic (exact) mass is 230 g/mol. The van der Waals surface area contributed by atoms with Crippen molar-refractivity contribution in [2.24, 2.45) is 0 Å².